The van der Waals surface area contributed by atoms with Gasteiger partial charge in [0, 0.05) is 11.8 Å². The lowest BCUT2D eigenvalue weighted by Crippen LogP contribution is -2.30. The first kappa shape index (κ1) is 12.8. The van der Waals surface area contributed by atoms with Crippen molar-refractivity contribution in [1.29, 1.82) is 0 Å². The van der Waals surface area contributed by atoms with Crippen LogP contribution in [0.3, 0.4) is 0 Å². The summed E-state index contributed by atoms with van der Waals surface area (Å²) < 4.78 is 36.5. The van der Waals surface area contributed by atoms with Crippen LogP contribution in [0.1, 0.15) is 24.8 Å². The van der Waals surface area contributed by atoms with Crippen LogP contribution in [0.5, 0.6) is 0 Å². The van der Waals surface area contributed by atoms with Gasteiger partial charge in [0.05, 0.1) is 16.5 Å². The molecule has 94 valence electrons. The maximum Gasteiger partial charge on any atom is 0.216 e. The summed E-state index contributed by atoms with van der Waals surface area (Å²) in [5.41, 5.74) is 0.430. The Morgan fingerprint density at radius 3 is 2.88 bits per heavy atom. The van der Waals surface area contributed by atoms with E-state index in [9.17, 15) is 12.8 Å². The Hall–Kier alpha value is -0.680. The second kappa shape index (κ2) is 4.53. The van der Waals surface area contributed by atoms with Gasteiger partial charge in [0.15, 0.2) is 9.84 Å². The molecule has 2 rings (SSSR count). The monoisotopic (exact) mass is 277 g/mol. The number of hydrogen-bond acceptors (Lipinski definition) is 3. The molecule has 0 radical (unpaired) electrons. The molecule has 1 saturated heterocycles. The first-order chi connectivity index (χ1) is 7.89. The zero-order valence-corrected chi connectivity index (χ0v) is 10.9. The molecule has 2 heterocycles. The second-order valence-corrected chi connectivity index (χ2v) is 7.19. The molecule has 0 N–H and O–H groups in total. The van der Waals surface area contributed by atoms with Crippen molar-refractivity contribution in [2.75, 3.05) is 11.5 Å². The van der Waals surface area contributed by atoms with Gasteiger partial charge in [-0.3, -0.25) is 0 Å². The summed E-state index contributed by atoms with van der Waals surface area (Å²) in [6.07, 6.45) is 1.69. The van der Waals surface area contributed by atoms with E-state index in [0.717, 1.165) is 0 Å². The Bertz CT molecular complexity index is 532. The Morgan fingerprint density at radius 1 is 1.53 bits per heavy atom. The van der Waals surface area contributed by atoms with Crippen molar-refractivity contribution >= 4 is 21.4 Å². The Morgan fingerprint density at radius 2 is 2.24 bits per heavy atom. The van der Waals surface area contributed by atoms with Crippen molar-refractivity contribution in [3.8, 4) is 0 Å². The minimum Gasteiger partial charge on any atom is -0.229 e. The third-order valence-electron chi connectivity index (χ3n) is 3.18. The van der Waals surface area contributed by atoms with E-state index in [2.05, 4.69) is 4.98 Å². The average Bonchev–Trinajstić information content (AvgIpc) is 2.21. The topological polar surface area (TPSA) is 47.0 Å². The Balaban J connectivity index is 2.32. The first-order valence-electron chi connectivity index (χ1n) is 5.40. The molecule has 1 aromatic heterocycles. The highest BCUT2D eigenvalue weighted by atomic mass is 35.5. The van der Waals surface area contributed by atoms with Gasteiger partial charge in [0.2, 0.25) is 5.95 Å². The molecule has 1 fully saturated rings. The molecule has 2 atom stereocenters. The van der Waals surface area contributed by atoms with E-state index in [1.165, 1.54) is 6.20 Å². The van der Waals surface area contributed by atoms with E-state index in [4.69, 9.17) is 11.6 Å². The number of aromatic nitrogens is 1. The second-order valence-electron chi connectivity index (χ2n) is 4.52. The van der Waals surface area contributed by atoms with Crippen molar-refractivity contribution in [2.24, 2.45) is 5.92 Å². The lowest BCUT2D eigenvalue weighted by molar-refractivity contribution is 0.430. The van der Waals surface area contributed by atoms with E-state index in [-0.39, 0.29) is 23.3 Å². The fraction of sp³-hybridized carbons (Fsp3) is 0.545. The molecule has 0 aliphatic carbocycles. The quantitative estimate of drug-likeness (QED) is 0.741. The van der Waals surface area contributed by atoms with Gasteiger partial charge in [0.25, 0.3) is 0 Å². The van der Waals surface area contributed by atoms with Gasteiger partial charge in [-0.05, 0) is 24.3 Å². The van der Waals surface area contributed by atoms with Gasteiger partial charge < -0.3 is 0 Å². The minimum absolute atomic E-state index is 0.101. The zero-order chi connectivity index (χ0) is 12.6. The SMILES string of the molecule is C[C@@H]1CS(=O)(=O)CCC1c1cc(Cl)cnc1F. The van der Waals surface area contributed by atoms with Crippen molar-refractivity contribution in [3.05, 3.63) is 28.8 Å². The molecule has 1 unspecified atom stereocenters. The van der Waals surface area contributed by atoms with Crippen molar-refractivity contribution in [3.63, 3.8) is 0 Å². The van der Waals surface area contributed by atoms with E-state index in [1.54, 1.807) is 6.07 Å². The summed E-state index contributed by atoms with van der Waals surface area (Å²) in [6, 6.07) is 1.54. The zero-order valence-electron chi connectivity index (χ0n) is 9.36. The smallest absolute Gasteiger partial charge is 0.216 e. The van der Waals surface area contributed by atoms with Crippen molar-refractivity contribution in [2.45, 2.75) is 19.3 Å². The lowest BCUT2D eigenvalue weighted by atomic mass is 9.86. The maximum atomic E-state index is 13.6. The molecule has 0 spiro atoms. The van der Waals surface area contributed by atoms with Crippen LogP contribution in [0.2, 0.25) is 5.02 Å². The van der Waals surface area contributed by atoms with Gasteiger partial charge in [-0.2, -0.15) is 4.39 Å². The number of nitrogens with zero attached hydrogens (tertiary/aromatic N) is 1. The van der Waals surface area contributed by atoms with Crippen LogP contribution in [0.25, 0.3) is 0 Å². The average molecular weight is 278 g/mol. The van der Waals surface area contributed by atoms with Crippen LogP contribution < -0.4 is 0 Å². The summed E-state index contributed by atoms with van der Waals surface area (Å²) >= 11 is 5.79. The summed E-state index contributed by atoms with van der Waals surface area (Å²) in [6.45, 7) is 1.82. The summed E-state index contributed by atoms with van der Waals surface area (Å²) in [4.78, 5) is 3.58. The number of hydrogen-bond donors (Lipinski definition) is 0. The van der Waals surface area contributed by atoms with Gasteiger partial charge in [-0.15, -0.1) is 0 Å². The summed E-state index contributed by atoms with van der Waals surface area (Å²) in [5, 5.41) is 0.377. The van der Waals surface area contributed by atoms with Crippen molar-refractivity contribution < 1.29 is 12.8 Å². The molecule has 0 bridgehead atoms. The molecule has 3 nitrogen and oxygen atoms in total. The molecular formula is C11H13ClFNO2S. The molecule has 17 heavy (non-hydrogen) atoms. The molecule has 0 saturated carbocycles. The molecule has 0 amide bonds. The van der Waals surface area contributed by atoms with E-state index in [1.807, 2.05) is 6.92 Å². The molecular weight excluding hydrogens is 265 g/mol. The standard InChI is InChI=1S/C11H13ClFNO2S/c1-7-6-17(15,16)3-2-9(7)10-4-8(12)5-14-11(10)13/h4-5,7,9H,2-3,6H2,1H3/t7-,9?/m1/s1. The minimum atomic E-state index is -2.97. The fourth-order valence-corrected chi connectivity index (χ4v) is 4.33. The molecule has 1 aliphatic rings. The largest absolute Gasteiger partial charge is 0.229 e. The lowest BCUT2D eigenvalue weighted by Gasteiger charge is -2.28. The highest BCUT2D eigenvalue weighted by Crippen LogP contribution is 2.35. The van der Waals surface area contributed by atoms with E-state index < -0.39 is 15.8 Å². The van der Waals surface area contributed by atoms with Crippen LogP contribution in [0.15, 0.2) is 12.3 Å². The predicted molar refractivity (Wildman–Crippen MR) is 64.4 cm³/mol. The van der Waals surface area contributed by atoms with Crippen LogP contribution in [0, 0.1) is 11.9 Å². The first-order valence-corrected chi connectivity index (χ1v) is 7.60. The third kappa shape index (κ3) is 2.77. The van der Waals surface area contributed by atoms with Crippen LogP contribution >= 0.6 is 11.6 Å². The third-order valence-corrected chi connectivity index (χ3v) is 5.27. The fourth-order valence-electron chi connectivity index (χ4n) is 2.35. The Kier molecular flexibility index (Phi) is 3.41. The highest BCUT2D eigenvalue weighted by molar-refractivity contribution is 7.91. The Labute approximate surface area is 105 Å². The van der Waals surface area contributed by atoms with Crippen LogP contribution in [0.4, 0.5) is 4.39 Å². The molecule has 6 heteroatoms. The van der Waals surface area contributed by atoms with E-state index in [0.29, 0.717) is 17.0 Å². The summed E-state index contributed by atoms with van der Waals surface area (Å²) in [5.74, 6) is -0.573. The number of pyridine rings is 1. The molecule has 0 aromatic carbocycles. The van der Waals surface area contributed by atoms with Gasteiger partial charge in [-0.25, -0.2) is 13.4 Å². The van der Waals surface area contributed by atoms with Crippen molar-refractivity contribution in [1.82, 2.24) is 4.98 Å². The molecule has 1 aliphatic heterocycles. The predicted octanol–water partition coefficient (Wildman–Crippen LogP) is 2.41. The number of rotatable bonds is 1. The van der Waals surface area contributed by atoms with E-state index >= 15 is 0 Å². The number of sulfone groups is 1. The number of halogens is 2. The highest BCUT2D eigenvalue weighted by Gasteiger charge is 2.32. The molecule has 1 aromatic rings. The van der Waals surface area contributed by atoms with Crippen LogP contribution in [-0.4, -0.2) is 24.9 Å². The van der Waals surface area contributed by atoms with Crippen LogP contribution in [-0.2, 0) is 9.84 Å². The summed E-state index contributed by atoms with van der Waals surface area (Å²) in [7, 11) is -2.97. The normalized spacial score (nSPS) is 27.9. The maximum absolute atomic E-state index is 13.6. The van der Waals surface area contributed by atoms with Gasteiger partial charge in [-0.1, -0.05) is 18.5 Å². The van der Waals surface area contributed by atoms with Gasteiger partial charge in [0.1, 0.15) is 0 Å². The van der Waals surface area contributed by atoms with Gasteiger partial charge >= 0.3 is 0 Å².